The van der Waals surface area contributed by atoms with Gasteiger partial charge >= 0.3 is 0 Å². The number of carbonyl (C=O) groups excluding carboxylic acids is 1. The van der Waals surface area contributed by atoms with Crippen LogP contribution in [0, 0.1) is 0 Å². The first-order chi connectivity index (χ1) is 12.1. The Kier molecular flexibility index (Phi) is 9.76. The number of nitrogens with one attached hydrogen (secondary N) is 2. The SMILES string of the molecule is CCCCOc1ccc(CNC(=O)C2(OC)CCNCC2)cc1OC.Cl. The Balaban J connectivity index is 0.00000338. The average molecular weight is 387 g/mol. The summed E-state index contributed by atoms with van der Waals surface area (Å²) in [6.45, 7) is 4.82. The Hall–Kier alpha value is -1.50. The van der Waals surface area contributed by atoms with Crippen molar-refractivity contribution in [2.75, 3.05) is 33.9 Å². The minimum Gasteiger partial charge on any atom is -0.493 e. The number of halogens is 1. The highest BCUT2D eigenvalue weighted by atomic mass is 35.5. The van der Waals surface area contributed by atoms with E-state index in [4.69, 9.17) is 14.2 Å². The molecule has 0 unspecified atom stereocenters. The van der Waals surface area contributed by atoms with Crippen molar-refractivity contribution in [3.8, 4) is 11.5 Å². The van der Waals surface area contributed by atoms with Gasteiger partial charge in [0.05, 0.1) is 13.7 Å². The fourth-order valence-corrected chi connectivity index (χ4v) is 2.97. The Labute approximate surface area is 162 Å². The predicted octanol–water partition coefficient (Wildman–Crippen LogP) is 2.68. The molecule has 1 aromatic carbocycles. The summed E-state index contributed by atoms with van der Waals surface area (Å²) >= 11 is 0. The van der Waals surface area contributed by atoms with Crippen LogP contribution in [0.4, 0.5) is 0 Å². The molecule has 2 N–H and O–H groups in total. The zero-order valence-electron chi connectivity index (χ0n) is 15.9. The Morgan fingerprint density at radius 2 is 1.96 bits per heavy atom. The van der Waals surface area contributed by atoms with Gasteiger partial charge in [0.15, 0.2) is 11.5 Å². The third kappa shape index (κ3) is 5.76. The summed E-state index contributed by atoms with van der Waals surface area (Å²) in [5.74, 6) is 1.36. The molecule has 0 saturated carbocycles. The average Bonchev–Trinajstić information content (AvgIpc) is 2.67. The molecule has 7 heteroatoms. The number of unbranched alkanes of at least 4 members (excludes halogenated alkanes) is 1. The Morgan fingerprint density at radius 1 is 1.23 bits per heavy atom. The van der Waals surface area contributed by atoms with E-state index in [2.05, 4.69) is 17.6 Å². The maximum atomic E-state index is 12.6. The molecule has 0 radical (unpaired) electrons. The number of ether oxygens (including phenoxy) is 3. The summed E-state index contributed by atoms with van der Waals surface area (Å²) in [6, 6.07) is 5.75. The minimum absolute atomic E-state index is 0. The van der Waals surface area contributed by atoms with Crippen molar-refractivity contribution in [1.82, 2.24) is 10.6 Å². The third-order valence-electron chi connectivity index (χ3n) is 4.65. The van der Waals surface area contributed by atoms with Crippen LogP contribution in [0.5, 0.6) is 11.5 Å². The third-order valence-corrected chi connectivity index (χ3v) is 4.65. The van der Waals surface area contributed by atoms with E-state index in [0.717, 1.165) is 37.2 Å². The molecule has 0 atom stereocenters. The molecular formula is C19H31ClN2O4. The van der Waals surface area contributed by atoms with E-state index in [0.29, 0.717) is 31.7 Å². The van der Waals surface area contributed by atoms with Gasteiger partial charge in [-0.3, -0.25) is 4.79 Å². The van der Waals surface area contributed by atoms with Crippen LogP contribution >= 0.6 is 12.4 Å². The van der Waals surface area contributed by atoms with Crippen molar-refractivity contribution in [1.29, 1.82) is 0 Å². The number of hydrogen-bond donors (Lipinski definition) is 2. The second kappa shape index (κ2) is 11.3. The van der Waals surface area contributed by atoms with Gasteiger partial charge in [-0.15, -0.1) is 12.4 Å². The van der Waals surface area contributed by atoms with Crippen LogP contribution in [-0.4, -0.2) is 45.4 Å². The van der Waals surface area contributed by atoms with Gasteiger partial charge in [0.2, 0.25) is 0 Å². The van der Waals surface area contributed by atoms with Gasteiger partial charge in [-0.05, 0) is 50.0 Å². The minimum atomic E-state index is -0.724. The van der Waals surface area contributed by atoms with Crippen LogP contribution < -0.4 is 20.1 Å². The number of benzene rings is 1. The molecule has 2 rings (SSSR count). The monoisotopic (exact) mass is 386 g/mol. The van der Waals surface area contributed by atoms with Crippen molar-refractivity contribution in [2.24, 2.45) is 0 Å². The van der Waals surface area contributed by atoms with Gasteiger partial charge in [0.25, 0.3) is 5.91 Å². The number of amides is 1. The van der Waals surface area contributed by atoms with Crippen LogP contribution in [-0.2, 0) is 16.1 Å². The molecule has 0 aliphatic carbocycles. The molecule has 1 aliphatic rings. The Morgan fingerprint density at radius 3 is 2.58 bits per heavy atom. The lowest BCUT2D eigenvalue weighted by Gasteiger charge is -2.34. The molecule has 0 spiro atoms. The van der Waals surface area contributed by atoms with E-state index in [9.17, 15) is 4.79 Å². The maximum absolute atomic E-state index is 12.6. The number of methoxy groups -OCH3 is 2. The van der Waals surface area contributed by atoms with Crippen molar-refractivity contribution in [3.05, 3.63) is 23.8 Å². The zero-order valence-corrected chi connectivity index (χ0v) is 16.7. The summed E-state index contributed by atoms with van der Waals surface area (Å²) in [6.07, 6.45) is 3.46. The molecule has 1 fully saturated rings. The van der Waals surface area contributed by atoms with E-state index < -0.39 is 5.60 Å². The largest absolute Gasteiger partial charge is 0.493 e. The van der Waals surface area contributed by atoms with Crippen molar-refractivity contribution >= 4 is 18.3 Å². The number of rotatable bonds is 9. The molecule has 1 aromatic rings. The van der Waals surface area contributed by atoms with E-state index in [1.54, 1.807) is 14.2 Å². The predicted molar refractivity (Wildman–Crippen MR) is 104 cm³/mol. The van der Waals surface area contributed by atoms with Crippen LogP contribution in [0.2, 0.25) is 0 Å². The lowest BCUT2D eigenvalue weighted by atomic mass is 9.91. The first-order valence-electron chi connectivity index (χ1n) is 8.99. The summed E-state index contributed by atoms with van der Waals surface area (Å²) in [5, 5.41) is 6.25. The molecule has 1 aliphatic heterocycles. The number of hydrogen-bond acceptors (Lipinski definition) is 5. The van der Waals surface area contributed by atoms with Gasteiger partial charge in [0.1, 0.15) is 5.60 Å². The summed E-state index contributed by atoms with van der Waals surface area (Å²) in [5.41, 5.74) is 0.242. The summed E-state index contributed by atoms with van der Waals surface area (Å²) in [7, 11) is 3.23. The fourth-order valence-electron chi connectivity index (χ4n) is 2.97. The summed E-state index contributed by atoms with van der Waals surface area (Å²) in [4.78, 5) is 12.6. The van der Waals surface area contributed by atoms with Gasteiger partial charge in [-0.25, -0.2) is 0 Å². The first-order valence-corrected chi connectivity index (χ1v) is 8.99. The molecule has 148 valence electrons. The molecule has 6 nitrogen and oxygen atoms in total. The van der Waals surface area contributed by atoms with Crippen molar-refractivity contribution in [3.63, 3.8) is 0 Å². The van der Waals surface area contributed by atoms with Gasteiger partial charge < -0.3 is 24.8 Å². The molecule has 0 bridgehead atoms. The fraction of sp³-hybridized carbons (Fsp3) is 0.632. The molecule has 1 heterocycles. The van der Waals surface area contributed by atoms with Crippen molar-refractivity contribution in [2.45, 2.75) is 44.8 Å². The van der Waals surface area contributed by atoms with Crippen LogP contribution in [0.25, 0.3) is 0 Å². The van der Waals surface area contributed by atoms with E-state index in [1.165, 1.54) is 0 Å². The molecular weight excluding hydrogens is 356 g/mol. The Bertz CT molecular complexity index is 562. The number of piperidine rings is 1. The molecule has 0 aromatic heterocycles. The van der Waals surface area contributed by atoms with Crippen LogP contribution in [0.3, 0.4) is 0 Å². The normalized spacial score (nSPS) is 15.7. The van der Waals surface area contributed by atoms with Crippen molar-refractivity contribution < 1.29 is 19.0 Å². The highest BCUT2D eigenvalue weighted by molar-refractivity contribution is 5.85. The second-order valence-corrected chi connectivity index (χ2v) is 6.32. The maximum Gasteiger partial charge on any atom is 0.252 e. The molecule has 1 saturated heterocycles. The van der Waals surface area contributed by atoms with Crippen LogP contribution in [0.1, 0.15) is 38.2 Å². The van der Waals surface area contributed by atoms with E-state index >= 15 is 0 Å². The van der Waals surface area contributed by atoms with E-state index in [-0.39, 0.29) is 18.3 Å². The lowest BCUT2D eigenvalue weighted by molar-refractivity contribution is -0.146. The standard InChI is InChI=1S/C19H30N2O4.ClH/c1-4-5-12-25-16-7-6-15(13-17(16)23-2)14-21-18(22)19(24-3)8-10-20-11-9-19;/h6-7,13,20H,4-5,8-12,14H2,1-3H3,(H,21,22);1H. The number of carbonyl (C=O) groups is 1. The molecule has 1 amide bonds. The first kappa shape index (κ1) is 22.5. The summed E-state index contributed by atoms with van der Waals surface area (Å²) < 4.78 is 16.7. The molecule has 26 heavy (non-hydrogen) atoms. The quantitative estimate of drug-likeness (QED) is 0.638. The van der Waals surface area contributed by atoms with E-state index in [1.807, 2.05) is 18.2 Å². The van der Waals surface area contributed by atoms with Gasteiger partial charge in [-0.1, -0.05) is 19.4 Å². The van der Waals surface area contributed by atoms with Crippen LogP contribution in [0.15, 0.2) is 18.2 Å². The topological polar surface area (TPSA) is 68.8 Å². The van der Waals surface area contributed by atoms with Gasteiger partial charge in [0, 0.05) is 13.7 Å². The highest BCUT2D eigenvalue weighted by Gasteiger charge is 2.39. The zero-order chi connectivity index (χ0) is 18.1. The van der Waals surface area contributed by atoms with Gasteiger partial charge in [-0.2, -0.15) is 0 Å². The highest BCUT2D eigenvalue weighted by Crippen LogP contribution is 2.28. The second-order valence-electron chi connectivity index (χ2n) is 6.32. The smallest absolute Gasteiger partial charge is 0.252 e. The lowest BCUT2D eigenvalue weighted by Crippen LogP contribution is -2.53.